The third-order valence-corrected chi connectivity index (χ3v) is 5.54. The number of hydrogen-bond acceptors (Lipinski definition) is 4. The molecule has 0 N–H and O–H groups in total. The number of amides is 1. The van der Waals surface area contributed by atoms with E-state index < -0.39 is 0 Å². The second kappa shape index (κ2) is 6.94. The normalized spacial score (nSPS) is 15.9. The Bertz CT molecular complexity index is 1040. The Labute approximate surface area is 161 Å². The molecule has 0 aromatic heterocycles. The summed E-state index contributed by atoms with van der Waals surface area (Å²) in [5.74, 6) is 0.620. The van der Waals surface area contributed by atoms with E-state index in [4.69, 9.17) is 17.0 Å². The van der Waals surface area contributed by atoms with E-state index in [0.717, 1.165) is 27.8 Å². The van der Waals surface area contributed by atoms with Crippen LogP contribution in [0.3, 0.4) is 0 Å². The number of nitrogens with zero attached hydrogens (tertiary/aromatic N) is 1. The number of ether oxygens (including phenoxy) is 1. The van der Waals surface area contributed by atoms with Crippen molar-refractivity contribution in [2.45, 2.75) is 0 Å². The molecule has 5 heteroatoms. The molecule has 0 unspecified atom stereocenters. The lowest BCUT2D eigenvalue weighted by Gasteiger charge is -2.14. The first-order valence-corrected chi connectivity index (χ1v) is 9.30. The molecular weight excluding hydrogens is 362 g/mol. The maximum atomic E-state index is 13.0. The van der Waals surface area contributed by atoms with Gasteiger partial charge in [-0.05, 0) is 35.0 Å². The van der Waals surface area contributed by atoms with Crippen molar-refractivity contribution in [3.05, 3.63) is 77.2 Å². The molecule has 1 saturated heterocycles. The van der Waals surface area contributed by atoms with Crippen LogP contribution in [0.25, 0.3) is 16.8 Å². The first kappa shape index (κ1) is 16.8. The number of fused-ring (bicyclic) bond motifs is 1. The number of benzene rings is 3. The van der Waals surface area contributed by atoms with Crippen LogP contribution in [0.4, 0.5) is 5.69 Å². The molecule has 0 spiro atoms. The Kier molecular flexibility index (Phi) is 4.49. The zero-order valence-electron chi connectivity index (χ0n) is 14.0. The highest BCUT2D eigenvalue weighted by atomic mass is 32.2. The van der Waals surface area contributed by atoms with Gasteiger partial charge in [-0.1, -0.05) is 72.5 Å². The minimum Gasteiger partial charge on any atom is -0.496 e. The quantitative estimate of drug-likeness (QED) is 0.460. The predicted octanol–water partition coefficient (Wildman–Crippen LogP) is 5.25. The molecule has 1 aliphatic rings. The van der Waals surface area contributed by atoms with Crippen molar-refractivity contribution < 1.29 is 9.53 Å². The van der Waals surface area contributed by atoms with Crippen LogP contribution in [-0.4, -0.2) is 17.3 Å². The minimum atomic E-state index is -0.110. The van der Waals surface area contributed by atoms with Crippen molar-refractivity contribution in [1.82, 2.24) is 0 Å². The van der Waals surface area contributed by atoms with Gasteiger partial charge >= 0.3 is 0 Å². The van der Waals surface area contributed by atoms with Crippen molar-refractivity contribution in [2.24, 2.45) is 0 Å². The van der Waals surface area contributed by atoms with Gasteiger partial charge in [-0.3, -0.25) is 9.69 Å². The van der Waals surface area contributed by atoms with E-state index in [1.807, 2.05) is 72.8 Å². The van der Waals surface area contributed by atoms with E-state index >= 15 is 0 Å². The third-order valence-electron chi connectivity index (χ3n) is 4.23. The van der Waals surface area contributed by atoms with Crippen LogP contribution in [-0.2, 0) is 4.79 Å². The maximum absolute atomic E-state index is 13.0. The average Bonchev–Trinajstić information content (AvgIpc) is 2.96. The number of carbonyl (C=O) groups excluding carboxylic acids is 1. The summed E-state index contributed by atoms with van der Waals surface area (Å²) in [6.07, 6.45) is 1.88. The van der Waals surface area contributed by atoms with E-state index in [-0.39, 0.29) is 5.91 Å². The molecule has 3 aromatic rings. The predicted molar refractivity (Wildman–Crippen MR) is 113 cm³/mol. The van der Waals surface area contributed by atoms with Gasteiger partial charge in [0.25, 0.3) is 5.91 Å². The molecule has 0 radical (unpaired) electrons. The van der Waals surface area contributed by atoms with E-state index in [1.165, 1.54) is 11.8 Å². The number of methoxy groups -OCH3 is 1. The summed E-state index contributed by atoms with van der Waals surface area (Å²) in [5, 5.41) is 2.13. The number of para-hydroxylation sites is 1. The molecule has 1 amide bonds. The van der Waals surface area contributed by atoms with Crippen LogP contribution >= 0.6 is 24.0 Å². The highest BCUT2D eigenvalue weighted by Crippen LogP contribution is 2.38. The number of hydrogen-bond donors (Lipinski definition) is 0. The smallest absolute Gasteiger partial charge is 0.270 e. The average molecular weight is 377 g/mol. The highest BCUT2D eigenvalue weighted by Gasteiger charge is 2.33. The first-order valence-electron chi connectivity index (χ1n) is 8.08. The number of rotatable bonds is 3. The van der Waals surface area contributed by atoms with Gasteiger partial charge in [-0.15, -0.1) is 0 Å². The second-order valence-corrected chi connectivity index (χ2v) is 7.43. The van der Waals surface area contributed by atoms with Crippen LogP contribution in [0, 0.1) is 0 Å². The van der Waals surface area contributed by atoms with Gasteiger partial charge in [0.2, 0.25) is 0 Å². The van der Waals surface area contributed by atoms with Crippen molar-refractivity contribution in [1.29, 1.82) is 0 Å². The maximum Gasteiger partial charge on any atom is 0.270 e. The Morgan fingerprint density at radius 3 is 2.50 bits per heavy atom. The van der Waals surface area contributed by atoms with E-state index in [0.29, 0.717) is 9.23 Å². The van der Waals surface area contributed by atoms with Crippen molar-refractivity contribution in [3.8, 4) is 5.75 Å². The van der Waals surface area contributed by atoms with Crippen molar-refractivity contribution in [3.63, 3.8) is 0 Å². The van der Waals surface area contributed by atoms with Crippen LogP contribution in [0.2, 0.25) is 0 Å². The van der Waals surface area contributed by atoms with Crippen molar-refractivity contribution in [2.75, 3.05) is 12.0 Å². The fourth-order valence-electron chi connectivity index (χ4n) is 3.00. The summed E-state index contributed by atoms with van der Waals surface area (Å²) >= 11 is 6.76. The van der Waals surface area contributed by atoms with E-state index in [1.54, 1.807) is 12.0 Å². The third kappa shape index (κ3) is 2.89. The summed E-state index contributed by atoms with van der Waals surface area (Å²) in [4.78, 5) is 15.1. The van der Waals surface area contributed by atoms with E-state index in [2.05, 4.69) is 0 Å². The van der Waals surface area contributed by atoms with Crippen molar-refractivity contribution >= 4 is 56.7 Å². The fraction of sp³-hybridized carbons (Fsp3) is 0.0476. The molecule has 4 rings (SSSR count). The molecule has 0 atom stereocenters. The lowest BCUT2D eigenvalue weighted by Crippen LogP contribution is -2.27. The standard InChI is InChI=1S/C21H15NO2S2/c1-24-18-12-11-14-7-5-6-10-16(14)17(18)13-19-20(23)22(21(25)26-19)15-8-3-2-4-9-15/h2-13H,1H3/b19-13-. The highest BCUT2D eigenvalue weighted by molar-refractivity contribution is 8.27. The summed E-state index contributed by atoms with van der Waals surface area (Å²) in [7, 11) is 1.64. The summed E-state index contributed by atoms with van der Waals surface area (Å²) < 4.78 is 6.06. The molecule has 0 bridgehead atoms. The number of thiocarbonyl (C=S) groups is 1. The Morgan fingerprint density at radius 1 is 1.00 bits per heavy atom. The molecule has 1 aliphatic heterocycles. The molecule has 128 valence electrons. The molecule has 3 nitrogen and oxygen atoms in total. The Morgan fingerprint density at radius 2 is 1.73 bits per heavy atom. The zero-order valence-corrected chi connectivity index (χ0v) is 15.6. The van der Waals surface area contributed by atoms with Gasteiger partial charge in [0.15, 0.2) is 4.32 Å². The van der Waals surface area contributed by atoms with Crippen LogP contribution in [0.1, 0.15) is 5.56 Å². The zero-order chi connectivity index (χ0) is 18.1. The monoisotopic (exact) mass is 377 g/mol. The van der Waals surface area contributed by atoms with Gasteiger partial charge in [0, 0.05) is 5.56 Å². The minimum absolute atomic E-state index is 0.110. The van der Waals surface area contributed by atoms with E-state index in [9.17, 15) is 4.79 Å². The lowest BCUT2D eigenvalue weighted by molar-refractivity contribution is -0.113. The molecule has 0 aliphatic carbocycles. The topological polar surface area (TPSA) is 29.5 Å². The van der Waals surface area contributed by atoms with Gasteiger partial charge in [-0.2, -0.15) is 0 Å². The SMILES string of the molecule is COc1ccc2ccccc2c1/C=C1\SC(=S)N(c2ccccc2)C1=O. The molecule has 26 heavy (non-hydrogen) atoms. The molecule has 1 fully saturated rings. The summed E-state index contributed by atoms with van der Waals surface area (Å²) in [6.45, 7) is 0. The van der Waals surface area contributed by atoms with Crippen LogP contribution < -0.4 is 9.64 Å². The van der Waals surface area contributed by atoms with Gasteiger partial charge in [-0.25, -0.2) is 0 Å². The summed E-state index contributed by atoms with van der Waals surface area (Å²) in [6, 6.07) is 21.4. The number of carbonyl (C=O) groups is 1. The summed E-state index contributed by atoms with van der Waals surface area (Å²) in [5.41, 5.74) is 1.67. The molecule has 3 aromatic carbocycles. The van der Waals surface area contributed by atoms with Crippen LogP contribution in [0.5, 0.6) is 5.75 Å². The number of thioether (sulfide) groups is 1. The number of anilines is 1. The fourth-order valence-corrected chi connectivity index (χ4v) is 4.28. The lowest BCUT2D eigenvalue weighted by atomic mass is 10.0. The molecule has 1 heterocycles. The van der Waals surface area contributed by atoms with Crippen LogP contribution in [0.15, 0.2) is 71.6 Å². The Balaban J connectivity index is 1.82. The first-order chi connectivity index (χ1) is 12.7. The van der Waals surface area contributed by atoms with Gasteiger partial charge < -0.3 is 4.74 Å². The second-order valence-electron chi connectivity index (χ2n) is 5.76. The Hall–Kier alpha value is -2.63. The largest absolute Gasteiger partial charge is 0.496 e. The molecular formula is C21H15NO2S2. The van der Waals surface area contributed by atoms with Gasteiger partial charge in [0.05, 0.1) is 17.7 Å². The van der Waals surface area contributed by atoms with Gasteiger partial charge in [0.1, 0.15) is 5.75 Å². The molecule has 0 saturated carbocycles.